The van der Waals surface area contributed by atoms with Crippen LogP contribution in [0.1, 0.15) is 19.7 Å². The topological polar surface area (TPSA) is 43.8 Å². The minimum Gasteiger partial charge on any atom is -0.383 e. The van der Waals surface area contributed by atoms with Crippen LogP contribution in [0.5, 0.6) is 0 Å². The molecule has 0 aliphatic rings. The first-order valence-corrected chi connectivity index (χ1v) is 6.56. The molecule has 5 heteroatoms. The Labute approximate surface area is 117 Å². The molecule has 0 atom stereocenters. The average Bonchev–Trinajstić information content (AvgIpc) is 2.60. The summed E-state index contributed by atoms with van der Waals surface area (Å²) in [5.74, 6) is 1.32. The first-order valence-electron chi connectivity index (χ1n) is 6.18. The van der Waals surface area contributed by atoms with E-state index >= 15 is 0 Å². The first-order chi connectivity index (χ1) is 8.90. The SMILES string of the molecule is Cc1nc(-c2cc(Cl)ccc2F)c(N)n1CC(C)C. The predicted octanol–water partition coefficient (Wildman–Crippen LogP) is 3.89. The van der Waals surface area contributed by atoms with Gasteiger partial charge in [-0.15, -0.1) is 0 Å². The second-order valence-corrected chi connectivity index (χ2v) is 5.46. The minimum atomic E-state index is -0.370. The summed E-state index contributed by atoms with van der Waals surface area (Å²) in [5, 5.41) is 0.465. The van der Waals surface area contributed by atoms with Crippen molar-refractivity contribution in [3.8, 4) is 11.3 Å². The zero-order chi connectivity index (χ0) is 14.2. The van der Waals surface area contributed by atoms with Crippen molar-refractivity contribution < 1.29 is 4.39 Å². The van der Waals surface area contributed by atoms with Crippen LogP contribution in [0.4, 0.5) is 10.2 Å². The Bertz CT molecular complexity index is 605. The number of aromatic nitrogens is 2. The number of benzene rings is 1. The van der Waals surface area contributed by atoms with Gasteiger partial charge in [0.1, 0.15) is 23.2 Å². The number of aryl methyl sites for hydroxylation is 1. The molecule has 2 rings (SSSR count). The Morgan fingerprint density at radius 3 is 2.74 bits per heavy atom. The van der Waals surface area contributed by atoms with E-state index in [1.54, 1.807) is 6.07 Å². The molecule has 0 spiro atoms. The van der Waals surface area contributed by atoms with Gasteiger partial charge in [-0.3, -0.25) is 0 Å². The van der Waals surface area contributed by atoms with Crippen LogP contribution in [-0.2, 0) is 6.54 Å². The molecule has 0 bridgehead atoms. The van der Waals surface area contributed by atoms with Gasteiger partial charge in [-0.25, -0.2) is 9.37 Å². The van der Waals surface area contributed by atoms with Crippen LogP contribution in [-0.4, -0.2) is 9.55 Å². The number of nitrogens with two attached hydrogens (primary N) is 1. The van der Waals surface area contributed by atoms with Crippen molar-refractivity contribution >= 4 is 17.4 Å². The second-order valence-electron chi connectivity index (χ2n) is 5.02. The van der Waals surface area contributed by atoms with Gasteiger partial charge in [0.25, 0.3) is 0 Å². The Morgan fingerprint density at radius 1 is 1.42 bits per heavy atom. The highest BCUT2D eigenvalue weighted by atomic mass is 35.5. The number of nitrogen functional groups attached to an aromatic ring is 1. The molecule has 0 unspecified atom stereocenters. The van der Waals surface area contributed by atoms with Gasteiger partial charge < -0.3 is 10.3 Å². The lowest BCUT2D eigenvalue weighted by molar-refractivity contribution is 0.518. The molecular formula is C14H17ClFN3. The highest BCUT2D eigenvalue weighted by Crippen LogP contribution is 2.30. The summed E-state index contributed by atoms with van der Waals surface area (Å²) in [6.07, 6.45) is 0. The van der Waals surface area contributed by atoms with Gasteiger partial charge >= 0.3 is 0 Å². The monoisotopic (exact) mass is 281 g/mol. The smallest absolute Gasteiger partial charge is 0.132 e. The summed E-state index contributed by atoms with van der Waals surface area (Å²) in [6, 6.07) is 4.39. The molecule has 0 saturated heterocycles. The number of halogens is 2. The molecule has 0 aliphatic heterocycles. The Kier molecular flexibility index (Phi) is 3.80. The third-order valence-electron chi connectivity index (χ3n) is 2.93. The van der Waals surface area contributed by atoms with Crippen LogP contribution in [0.25, 0.3) is 11.3 Å². The molecule has 0 aliphatic carbocycles. The van der Waals surface area contributed by atoms with Crippen molar-refractivity contribution in [2.24, 2.45) is 5.92 Å². The maximum atomic E-state index is 13.9. The van der Waals surface area contributed by atoms with Crippen LogP contribution in [0.2, 0.25) is 5.02 Å². The summed E-state index contributed by atoms with van der Waals surface area (Å²) < 4.78 is 15.8. The van der Waals surface area contributed by atoms with E-state index in [0.717, 1.165) is 12.4 Å². The molecule has 0 amide bonds. The van der Waals surface area contributed by atoms with Crippen molar-refractivity contribution in [1.29, 1.82) is 0 Å². The fraction of sp³-hybridized carbons (Fsp3) is 0.357. The van der Waals surface area contributed by atoms with Gasteiger partial charge in [-0.2, -0.15) is 0 Å². The van der Waals surface area contributed by atoms with Gasteiger partial charge in [0.2, 0.25) is 0 Å². The zero-order valence-electron chi connectivity index (χ0n) is 11.2. The molecule has 0 saturated carbocycles. The molecular weight excluding hydrogens is 265 g/mol. The number of imidazole rings is 1. The fourth-order valence-electron chi connectivity index (χ4n) is 2.05. The Balaban J connectivity index is 2.54. The summed E-state index contributed by atoms with van der Waals surface area (Å²) in [4.78, 5) is 4.37. The van der Waals surface area contributed by atoms with Crippen LogP contribution in [0, 0.1) is 18.7 Å². The number of hydrogen-bond donors (Lipinski definition) is 1. The van der Waals surface area contributed by atoms with E-state index in [1.165, 1.54) is 12.1 Å². The van der Waals surface area contributed by atoms with E-state index < -0.39 is 0 Å². The van der Waals surface area contributed by atoms with Gasteiger partial charge in [0.05, 0.1) is 0 Å². The number of hydrogen-bond acceptors (Lipinski definition) is 2. The van der Waals surface area contributed by atoms with Crippen molar-refractivity contribution in [3.63, 3.8) is 0 Å². The van der Waals surface area contributed by atoms with Crippen molar-refractivity contribution in [2.45, 2.75) is 27.3 Å². The number of anilines is 1. The molecule has 2 N–H and O–H groups in total. The minimum absolute atomic E-state index is 0.343. The largest absolute Gasteiger partial charge is 0.383 e. The molecule has 102 valence electrons. The summed E-state index contributed by atoms with van der Waals surface area (Å²) >= 11 is 5.91. The van der Waals surface area contributed by atoms with Crippen LogP contribution >= 0.6 is 11.6 Å². The number of nitrogens with zero attached hydrogens (tertiary/aromatic N) is 2. The maximum absolute atomic E-state index is 13.9. The Hall–Kier alpha value is -1.55. The molecule has 1 aromatic carbocycles. The van der Waals surface area contributed by atoms with E-state index in [4.69, 9.17) is 17.3 Å². The molecule has 3 nitrogen and oxygen atoms in total. The van der Waals surface area contributed by atoms with Crippen molar-refractivity contribution in [1.82, 2.24) is 9.55 Å². The van der Waals surface area contributed by atoms with Gasteiger partial charge in [-0.1, -0.05) is 25.4 Å². The van der Waals surface area contributed by atoms with Gasteiger partial charge in [0, 0.05) is 17.1 Å². The molecule has 1 aromatic heterocycles. The summed E-state index contributed by atoms with van der Waals surface area (Å²) in [5.41, 5.74) is 6.89. The average molecular weight is 282 g/mol. The van der Waals surface area contributed by atoms with E-state index in [0.29, 0.717) is 28.0 Å². The van der Waals surface area contributed by atoms with Crippen molar-refractivity contribution in [3.05, 3.63) is 34.9 Å². The first kappa shape index (κ1) is 13.9. The number of rotatable bonds is 3. The Morgan fingerprint density at radius 2 is 2.11 bits per heavy atom. The summed E-state index contributed by atoms with van der Waals surface area (Å²) in [6.45, 7) is 6.81. The molecule has 1 heterocycles. The fourth-order valence-corrected chi connectivity index (χ4v) is 2.23. The van der Waals surface area contributed by atoms with Crippen molar-refractivity contribution in [2.75, 3.05) is 5.73 Å². The standard InChI is InChI=1S/C14H17ClFN3/c1-8(2)7-19-9(3)18-13(14(19)17)11-6-10(15)4-5-12(11)16/h4-6,8H,7,17H2,1-3H3. The van der Waals surface area contributed by atoms with Crippen LogP contribution in [0.3, 0.4) is 0 Å². The second kappa shape index (κ2) is 5.21. The van der Waals surface area contributed by atoms with E-state index in [1.807, 2.05) is 11.5 Å². The third kappa shape index (κ3) is 2.73. The lowest BCUT2D eigenvalue weighted by atomic mass is 10.1. The third-order valence-corrected chi connectivity index (χ3v) is 3.16. The van der Waals surface area contributed by atoms with Crippen LogP contribution < -0.4 is 5.73 Å². The zero-order valence-corrected chi connectivity index (χ0v) is 12.0. The summed E-state index contributed by atoms with van der Waals surface area (Å²) in [7, 11) is 0. The van der Waals surface area contributed by atoms with Gasteiger partial charge in [-0.05, 0) is 31.0 Å². The van der Waals surface area contributed by atoms with Gasteiger partial charge in [0.15, 0.2) is 0 Å². The quantitative estimate of drug-likeness (QED) is 0.927. The lowest BCUT2D eigenvalue weighted by Gasteiger charge is -2.10. The normalized spacial score (nSPS) is 11.3. The molecule has 19 heavy (non-hydrogen) atoms. The van der Waals surface area contributed by atoms with E-state index in [9.17, 15) is 4.39 Å². The van der Waals surface area contributed by atoms with Crippen LogP contribution in [0.15, 0.2) is 18.2 Å². The van der Waals surface area contributed by atoms with E-state index in [-0.39, 0.29) is 5.82 Å². The predicted molar refractivity (Wildman–Crippen MR) is 76.6 cm³/mol. The molecule has 0 fully saturated rings. The lowest BCUT2D eigenvalue weighted by Crippen LogP contribution is -2.09. The molecule has 0 radical (unpaired) electrons. The molecule has 2 aromatic rings. The highest BCUT2D eigenvalue weighted by Gasteiger charge is 2.17. The van der Waals surface area contributed by atoms with E-state index in [2.05, 4.69) is 18.8 Å². The maximum Gasteiger partial charge on any atom is 0.132 e. The highest BCUT2D eigenvalue weighted by molar-refractivity contribution is 6.30.